The van der Waals surface area contributed by atoms with Gasteiger partial charge in [0, 0.05) is 44.0 Å². The molecular formula is C26H27N3O6. The van der Waals surface area contributed by atoms with Crippen LogP contribution < -0.4 is 4.74 Å². The molecule has 0 bridgehead atoms. The Morgan fingerprint density at radius 2 is 2.03 bits per heavy atom. The number of carbonyl (C=O) groups is 2. The first-order chi connectivity index (χ1) is 17.1. The summed E-state index contributed by atoms with van der Waals surface area (Å²) in [4.78, 5) is 34.8. The number of amides is 1. The van der Waals surface area contributed by atoms with Crippen molar-refractivity contribution in [2.24, 2.45) is 0 Å². The van der Waals surface area contributed by atoms with Gasteiger partial charge < -0.3 is 23.9 Å². The maximum absolute atomic E-state index is 13.6. The summed E-state index contributed by atoms with van der Waals surface area (Å²) in [6, 6.07) is 9.74. The van der Waals surface area contributed by atoms with Gasteiger partial charge in [-0.25, -0.2) is 0 Å². The van der Waals surface area contributed by atoms with E-state index >= 15 is 0 Å². The molecule has 1 amide bonds. The summed E-state index contributed by atoms with van der Waals surface area (Å²) in [5.41, 5.74) is 1.07. The molecule has 2 aromatic heterocycles. The number of Topliss-reactive ketones (excluding diaryl/α,β-unsaturated/α-hetero) is 1. The van der Waals surface area contributed by atoms with Crippen LogP contribution in [0.25, 0.3) is 11.0 Å². The Bertz CT molecular complexity index is 1260. The predicted octanol–water partition coefficient (Wildman–Crippen LogP) is 3.14. The molecule has 1 N–H and O–H groups in total. The van der Waals surface area contributed by atoms with E-state index in [1.165, 1.54) is 7.11 Å². The number of fused-ring (bicyclic) bond motifs is 1. The minimum Gasteiger partial charge on any atom is -0.503 e. The number of aliphatic hydroxyl groups excluding tert-OH is 1. The highest BCUT2D eigenvalue weighted by molar-refractivity contribution is 6.16. The van der Waals surface area contributed by atoms with Gasteiger partial charge in [0.2, 0.25) is 5.78 Å². The lowest BCUT2D eigenvalue weighted by atomic mass is 9.96. The molecule has 9 heteroatoms. The molecule has 2 aliphatic rings. The number of aliphatic hydroxyl groups is 1. The molecule has 0 radical (unpaired) electrons. The number of rotatable bonds is 8. The van der Waals surface area contributed by atoms with Crippen molar-refractivity contribution < 1.29 is 28.6 Å². The topological polar surface area (TPSA) is 105 Å². The number of furan rings is 1. The largest absolute Gasteiger partial charge is 0.503 e. The number of aromatic nitrogens is 1. The first-order valence-corrected chi connectivity index (χ1v) is 11.6. The molecular weight excluding hydrogens is 450 g/mol. The normalized spacial score (nSPS) is 19.1. The standard InChI is InChI=1S/C26H27N3O6/c1-33-19-7-2-5-17-15-20(35-25(17)19)23(30)21-22(18-6-3-8-27-16-18)29(26(32)24(21)31)10-4-9-28-11-13-34-14-12-28/h2-3,5-8,15-16,22,31H,4,9-14H2,1H3/t22-/m1/s1. The summed E-state index contributed by atoms with van der Waals surface area (Å²) in [5.74, 6) is -1.14. The molecule has 2 aliphatic heterocycles. The number of morpholine rings is 1. The van der Waals surface area contributed by atoms with Crippen molar-refractivity contribution >= 4 is 22.7 Å². The van der Waals surface area contributed by atoms with Crippen LogP contribution in [0.3, 0.4) is 0 Å². The Hall–Kier alpha value is -3.69. The molecule has 1 atom stereocenters. The lowest BCUT2D eigenvalue weighted by Crippen LogP contribution is -2.39. The third kappa shape index (κ3) is 4.40. The van der Waals surface area contributed by atoms with Crippen molar-refractivity contribution in [2.75, 3.05) is 46.5 Å². The molecule has 5 rings (SSSR count). The summed E-state index contributed by atoms with van der Waals surface area (Å²) in [7, 11) is 1.52. The van der Waals surface area contributed by atoms with Gasteiger partial charge in [-0.15, -0.1) is 0 Å². The third-order valence-corrected chi connectivity index (χ3v) is 6.48. The molecule has 1 saturated heterocycles. The number of ketones is 1. The van der Waals surface area contributed by atoms with E-state index < -0.39 is 23.5 Å². The van der Waals surface area contributed by atoms with E-state index in [1.807, 2.05) is 6.07 Å². The van der Waals surface area contributed by atoms with E-state index in [0.29, 0.717) is 48.5 Å². The maximum Gasteiger partial charge on any atom is 0.290 e. The van der Waals surface area contributed by atoms with Gasteiger partial charge in [0.1, 0.15) is 0 Å². The van der Waals surface area contributed by atoms with Crippen LogP contribution in [-0.2, 0) is 9.53 Å². The lowest BCUT2D eigenvalue weighted by Gasteiger charge is -2.29. The van der Waals surface area contributed by atoms with Crippen molar-refractivity contribution in [3.8, 4) is 5.75 Å². The van der Waals surface area contributed by atoms with Gasteiger partial charge in [-0.05, 0) is 30.2 Å². The molecule has 0 spiro atoms. The van der Waals surface area contributed by atoms with Crippen LogP contribution >= 0.6 is 0 Å². The zero-order valence-corrected chi connectivity index (χ0v) is 19.5. The minimum atomic E-state index is -0.761. The number of benzene rings is 1. The molecule has 0 saturated carbocycles. The Kier molecular flexibility index (Phi) is 6.52. The number of hydrogen-bond donors (Lipinski definition) is 1. The van der Waals surface area contributed by atoms with Crippen molar-refractivity contribution in [3.05, 3.63) is 71.4 Å². The Morgan fingerprint density at radius 3 is 2.77 bits per heavy atom. The van der Waals surface area contributed by atoms with Gasteiger partial charge in [-0.2, -0.15) is 0 Å². The average molecular weight is 478 g/mol. The molecule has 0 aliphatic carbocycles. The molecule has 182 valence electrons. The lowest BCUT2D eigenvalue weighted by molar-refractivity contribution is -0.129. The number of nitrogens with zero attached hydrogens (tertiary/aromatic N) is 3. The van der Waals surface area contributed by atoms with Gasteiger partial charge in [0.25, 0.3) is 5.91 Å². The second kappa shape index (κ2) is 9.89. The minimum absolute atomic E-state index is 0.00704. The highest BCUT2D eigenvalue weighted by atomic mass is 16.5. The van der Waals surface area contributed by atoms with Gasteiger partial charge in [-0.1, -0.05) is 18.2 Å². The number of hydrogen-bond acceptors (Lipinski definition) is 8. The van der Waals surface area contributed by atoms with Crippen molar-refractivity contribution in [2.45, 2.75) is 12.5 Å². The first kappa shape index (κ1) is 23.1. The molecule has 9 nitrogen and oxygen atoms in total. The van der Waals surface area contributed by atoms with Crippen LogP contribution in [0.15, 0.2) is 64.5 Å². The summed E-state index contributed by atoms with van der Waals surface area (Å²) in [6.07, 6.45) is 3.93. The smallest absolute Gasteiger partial charge is 0.290 e. The zero-order chi connectivity index (χ0) is 24.4. The second-order valence-corrected chi connectivity index (χ2v) is 8.58. The van der Waals surface area contributed by atoms with Crippen molar-refractivity contribution in [3.63, 3.8) is 0 Å². The number of pyridine rings is 1. The van der Waals surface area contributed by atoms with Gasteiger partial charge in [0.05, 0.1) is 31.9 Å². The molecule has 3 aromatic rings. The van der Waals surface area contributed by atoms with Gasteiger partial charge in [-0.3, -0.25) is 19.5 Å². The monoisotopic (exact) mass is 477 g/mol. The van der Waals surface area contributed by atoms with E-state index in [-0.39, 0.29) is 11.3 Å². The number of carbonyl (C=O) groups excluding carboxylic acids is 2. The van der Waals surface area contributed by atoms with E-state index in [0.717, 1.165) is 19.6 Å². The van der Waals surface area contributed by atoms with E-state index in [1.54, 1.807) is 47.6 Å². The van der Waals surface area contributed by atoms with E-state index in [4.69, 9.17) is 13.9 Å². The van der Waals surface area contributed by atoms with Crippen LogP contribution in [0, 0.1) is 0 Å². The SMILES string of the molecule is COc1cccc2cc(C(=O)C3=C(O)C(=O)N(CCCN4CCOCC4)[C@@H]3c3cccnc3)oc12. The highest BCUT2D eigenvalue weighted by Gasteiger charge is 2.44. The Balaban J connectivity index is 1.45. The number of para-hydroxylation sites is 1. The van der Waals surface area contributed by atoms with Gasteiger partial charge >= 0.3 is 0 Å². The van der Waals surface area contributed by atoms with Crippen LogP contribution in [-0.4, -0.2) is 78.1 Å². The molecule has 4 heterocycles. The number of methoxy groups -OCH3 is 1. The summed E-state index contributed by atoms with van der Waals surface area (Å²) >= 11 is 0. The zero-order valence-electron chi connectivity index (χ0n) is 19.5. The highest BCUT2D eigenvalue weighted by Crippen LogP contribution is 2.40. The predicted molar refractivity (Wildman–Crippen MR) is 127 cm³/mol. The summed E-state index contributed by atoms with van der Waals surface area (Å²) in [6.45, 7) is 4.27. The fraction of sp³-hybridized carbons (Fsp3) is 0.346. The van der Waals surface area contributed by atoms with Crippen LogP contribution in [0.5, 0.6) is 5.75 Å². The number of ether oxygens (including phenoxy) is 2. The van der Waals surface area contributed by atoms with Gasteiger partial charge in [0.15, 0.2) is 22.9 Å². The fourth-order valence-corrected chi connectivity index (χ4v) is 4.73. The van der Waals surface area contributed by atoms with E-state index in [9.17, 15) is 14.7 Å². The molecule has 1 aromatic carbocycles. The maximum atomic E-state index is 13.6. The Morgan fingerprint density at radius 1 is 1.20 bits per heavy atom. The van der Waals surface area contributed by atoms with Crippen LogP contribution in [0.2, 0.25) is 0 Å². The molecule has 1 fully saturated rings. The van der Waals surface area contributed by atoms with Crippen molar-refractivity contribution in [1.29, 1.82) is 0 Å². The second-order valence-electron chi connectivity index (χ2n) is 8.58. The summed E-state index contributed by atoms with van der Waals surface area (Å²) in [5, 5.41) is 11.6. The third-order valence-electron chi connectivity index (χ3n) is 6.48. The Labute approximate surface area is 202 Å². The van der Waals surface area contributed by atoms with E-state index in [2.05, 4.69) is 9.88 Å². The average Bonchev–Trinajstić information content (AvgIpc) is 3.44. The fourth-order valence-electron chi connectivity index (χ4n) is 4.73. The first-order valence-electron chi connectivity index (χ1n) is 11.6. The quantitative estimate of drug-likeness (QED) is 0.494. The van der Waals surface area contributed by atoms with Crippen LogP contribution in [0.1, 0.15) is 28.6 Å². The van der Waals surface area contributed by atoms with Crippen LogP contribution in [0.4, 0.5) is 0 Å². The van der Waals surface area contributed by atoms with Crippen molar-refractivity contribution in [1.82, 2.24) is 14.8 Å². The summed E-state index contributed by atoms with van der Waals surface area (Å²) < 4.78 is 16.6. The molecule has 0 unspecified atom stereocenters. The molecule has 35 heavy (non-hydrogen) atoms.